The Morgan fingerprint density at radius 1 is 1.50 bits per heavy atom. The lowest BCUT2D eigenvalue weighted by atomic mass is 10.2. The molecule has 0 atom stereocenters. The molecule has 1 amide bonds. The standard InChI is InChI=1S/C13H19BrN2O2/c1-3-6-15-13(18)8-16(2)11-5-4-10(9-17)12(14)7-11/h4-5,7,17H,3,6,8-9H2,1-2H3,(H,15,18). The lowest BCUT2D eigenvalue weighted by Gasteiger charge is -2.19. The van der Waals surface area contributed by atoms with Crippen LogP contribution >= 0.6 is 15.9 Å². The maximum atomic E-state index is 11.6. The quantitative estimate of drug-likeness (QED) is 0.843. The van der Waals surface area contributed by atoms with Crippen molar-refractivity contribution in [2.75, 3.05) is 25.0 Å². The lowest BCUT2D eigenvalue weighted by molar-refractivity contribution is -0.119. The number of carbonyl (C=O) groups is 1. The molecule has 1 rings (SSSR count). The number of nitrogens with one attached hydrogen (secondary N) is 1. The molecule has 0 unspecified atom stereocenters. The second kappa shape index (κ2) is 7.38. The second-order valence-electron chi connectivity index (χ2n) is 4.14. The summed E-state index contributed by atoms with van der Waals surface area (Å²) >= 11 is 3.40. The molecule has 0 aliphatic heterocycles. The van der Waals surface area contributed by atoms with Gasteiger partial charge in [0.25, 0.3) is 0 Å². The molecule has 4 nitrogen and oxygen atoms in total. The maximum absolute atomic E-state index is 11.6. The van der Waals surface area contributed by atoms with E-state index >= 15 is 0 Å². The summed E-state index contributed by atoms with van der Waals surface area (Å²) in [6.07, 6.45) is 0.937. The number of benzene rings is 1. The summed E-state index contributed by atoms with van der Waals surface area (Å²) in [5, 5.41) is 11.9. The molecule has 1 aromatic carbocycles. The molecular formula is C13H19BrN2O2. The van der Waals surface area contributed by atoms with Crippen LogP contribution in [0.4, 0.5) is 5.69 Å². The Morgan fingerprint density at radius 2 is 2.22 bits per heavy atom. The second-order valence-corrected chi connectivity index (χ2v) is 4.99. The highest BCUT2D eigenvalue weighted by molar-refractivity contribution is 9.10. The van der Waals surface area contributed by atoms with Crippen LogP contribution in [-0.2, 0) is 11.4 Å². The first-order chi connectivity index (χ1) is 8.58. The fraction of sp³-hybridized carbons (Fsp3) is 0.462. The van der Waals surface area contributed by atoms with Crippen molar-refractivity contribution in [2.45, 2.75) is 20.0 Å². The Balaban J connectivity index is 2.63. The van der Waals surface area contributed by atoms with Gasteiger partial charge in [-0.15, -0.1) is 0 Å². The number of rotatable bonds is 6. The van der Waals surface area contributed by atoms with Crippen molar-refractivity contribution >= 4 is 27.5 Å². The van der Waals surface area contributed by atoms with Gasteiger partial charge in [-0.25, -0.2) is 0 Å². The fourth-order valence-electron chi connectivity index (χ4n) is 1.53. The summed E-state index contributed by atoms with van der Waals surface area (Å²) < 4.78 is 0.850. The van der Waals surface area contributed by atoms with Crippen LogP contribution in [0.25, 0.3) is 0 Å². The molecule has 5 heteroatoms. The molecule has 100 valence electrons. The monoisotopic (exact) mass is 314 g/mol. The van der Waals surface area contributed by atoms with Crippen molar-refractivity contribution in [1.82, 2.24) is 5.32 Å². The van der Waals surface area contributed by atoms with E-state index in [0.29, 0.717) is 13.1 Å². The van der Waals surface area contributed by atoms with E-state index in [1.165, 1.54) is 0 Å². The number of halogens is 1. The molecule has 0 radical (unpaired) electrons. The number of aliphatic hydroxyl groups excluding tert-OH is 1. The van der Waals surface area contributed by atoms with Gasteiger partial charge >= 0.3 is 0 Å². The zero-order chi connectivity index (χ0) is 13.5. The van der Waals surface area contributed by atoms with Crippen LogP contribution in [0.1, 0.15) is 18.9 Å². The van der Waals surface area contributed by atoms with Gasteiger partial charge < -0.3 is 15.3 Å². The Labute approximate surface area is 116 Å². The van der Waals surface area contributed by atoms with Gasteiger partial charge in [0.05, 0.1) is 13.2 Å². The Hall–Kier alpha value is -1.07. The fourth-order valence-corrected chi connectivity index (χ4v) is 2.02. The summed E-state index contributed by atoms with van der Waals surface area (Å²) in [5.74, 6) is 0.0155. The minimum Gasteiger partial charge on any atom is -0.392 e. The number of nitrogens with zero attached hydrogens (tertiary/aromatic N) is 1. The molecule has 0 heterocycles. The highest BCUT2D eigenvalue weighted by Crippen LogP contribution is 2.23. The van der Waals surface area contributed by atoms with Crippen LogP contribution in [0.15, 0.2) is 22.7 Å². The summed E-state index contributed by atoms with van der Waals surface area (Å²) in [7, 11) is 1.87. The topological polar surface area (TPSA) is 52.6 Å². The van der Waals surface area contributed by atoms with E-state index in [-0.39, 0.29) is 12.5 Å². The molecule has 0 aromatic heterocycles. The highest BCUT2D eigenvalue weighted by Gasteiger charge is 2.08. The molecule has 0 aliphatic carbocycles. The van der Waals surface area contributed by atoms with E-state index in [9.17, 15) is 4.79 Å². The number of carbonyl (C=O) groups excluding carboxylic acids is 1. The van der Waals surface area contributed by atoms with E-state index in [1.807, 2.05) is 37.1 Å². The third-order valence-electron chi connectivity index (χ3n) is 2.60. The van der Waals surface area contributed by atoms with Crippen molar-refractivity contribution in [3.05, 3.63) is 28.2 Å². The number of likely N-dealkylation sites (N-methyl/N-ethyl adjacent to an activating group) is 1. The third-order valence-corrected chi connectivity index (χ3v) is 3.34. The largest absolute Gasteiger partial charge is 0.392 e. The van der Waals surface area contributed by atoms with Gasteiger partial charge in [0.2, 0.25) is 5.91 Å². The first-order valence-corrected chi connectivity index (χ1v) is 6.75. The van der Waals surface area contributed by atoms with Gasteiger partial charge in [0, 0.05) is 23.8 Å². The van der Waals surface area contributed by atoms with Gasteiger partial charge in [0.1, 0.15) is 0 Å². The molecule has 2 N–H and O–H groups in total. The maximum Gasteiger partial charge on any atom is 0.239 e. The molecule has 0 bridgehead atoms. The summed E-state index contributed by atoms with van der Waals surface area (Å²) in [6, 6.07) is 5.64. The minimum absolute atomic E-state index is 0.00155. The van der Waals surface area contributed by atoms with E-state index < -0.39 is 0 Å². The lowest BCUT2D eigenvalue weighted by Crippen LogP contribution is -2.35. The third kappa shape index (κ3) is 4.31. The molecular weight excluding hydrogens is 296 g/mol. The van der Waals surface area contributed by atoms with Crippen molar-refractivity contribution in [2.24, 2.45) is 0 Å². The molecule has 0 fully saturated rings. The summed E-state index contributed by atoms with van der Waals surface area (Å²) in [5.41, 5.74) is 1.77. The molecule has 0 aliphatic rings. The van der Waals surface area contributed by atoms with Gasteiger partial charge in [-0.2, -0.15) is 0 Å². The van der Waals surface area contributed by atoms with Crippen molar-refractivity contribution in [3.63, 3.8) is 0 Å². The van der Waals surface area contributed by atoms with Crippen LogP contribution in [0.2, 0.25) is 0 Å². The molecule has 1 aromatic rings. The van der Waals surface area contributed by atoms with Gasteiger partial charge in [-0.3, -0.25) is 4.79 Å². The predicted octanol–water partition coefficient (Wildman–Crippen LogP) is 1.90. The van der Waals surface area contributed by atoms with E-state index in [2.05, 4.69) is 21.2 Å². The molecule has 18 heavy (non-hydrogen) atoms. The van der Waals surface area contributed by atoms with Gasteiger partial charge in [0.15, 0.2) is 0 Å². The predicted molar refractivity (Wildman–Crippen MR) is 76.6 cm³/mol. The Morgan fingerprint density at radius 3 is 2.78 bits per heavy atom. The average Bonchev–Trinajstić information content (AvgIpc) is 2.36. The van der Waals surface area contributed by atoms with Crippen molar-refractivity contribution in [3.8, 4) is 0 Å². The van der Waals surface area contributed by atoms with Crippen LogP contribution in [0.5, 0.6) is 0 Å². The van der Waals surface area contributed by atoms with E-state index in [4.69, 9.17) is 5.11 Å². The molecule has 0 saturated heterocycles. The smallest absolute Gasteiger partial charge is 0.239 e. The molecule has 0 saturated carbocycles. The normalized spacial score (nSPS) is 10.2. The van der Waals surface area contributed by atoms with Crippen LogP contribution in [0.3, 0.4) is 0 Å². The Bertz CT molecular complexity index is 410. The number of aliphatic hydroxyl groups is 1. The van der Waals surface area contributed by atoms with Crippen molar-refractivity contribution < 1.29 is 9.90 Å². The number of amides is 1. The highest BCUT2D eigenvalue weighted by atomic mass is 79.9. The first kappa shape index (κ1) is 15.0. The number of hydrogen-bond donors (Lipinski definition) is 2. The van der Waals surface area contributed by atoms with Crippen molar-refractivity contribution in [1.29, 1.82) is 0 Å². The van der Waals surface area contributed by atoms with Crippen LogP contribution in [-0.4, -0.2) is 31.2 Å². The van der Waals surface area contributed by atoms with Gasteiger partial charge in [-0.05, 0) is 24.1 Å². The van der Waals surface area contributed by atoms with Gasteiger partial charge in [-0.1, -0.05) is 28.9 Å². The molecule has 0 spiro atoms. The van der Waals surface area contributed by atoms with Crippen LogP contribution < -0.4 is 10.2 Å². The number of hydrogen-bond acceptors (Lipinski definition) is 3. The summed E-state index contributed by atoms with van der Waals surface area (Å²) in [4.78, 5) is 13.5. The summed E-state index contributed by atoms with van der Waals surface area (Å²) in [6.45, 7) is 3.06. The van der Waals surface area contributed by atoms with Crippen LogP contribution in [0, 0.1) is 0 Å². The first-order valence-electron chi connectivity index (χ1n) is 5.95. The SMILES string of the molecule is CCCNC(=O)CN(C)c1ccc(CO)c(Br)c1. The number of anilines is 1. The van der Waals surface area contributed by atoms with E-state index in [0.717, 1.165) is 22.1 Å². The zero-order valence-electron chi connectivity index (χ0n) is 10.7. The minimum atomic E-state index is 0.00155. The average molecular weight is 315 g/mol. The van der Waals surface area contributed by atoms with E-state index in [1.54, 1.807) is 0 Å². The Kier molecular flexibility index (Phi) is 6.15. The zero-order valence-corrected chi connectivity index (χ0v) is 12.3.